The van der Waals surface area contributed by atoms with Gasteiger partial charge in [-0.15, -0.1) is 23.7 Å². The molecule has 1 amide bonds. The molecule has 4 fully saturated rings. The Morgan fingerprint density at radius 3 is 2.79 bits per heavy atom. The summed E-state index contributed by atoms with van der Waals surface area (Å²) in [4.78, 5) is 19.9. The Bertz CT molecular complexity index is 793. The van der Waals surface area contributed by atoms with Crippen molar-refractivity contribution < 1.29 is 4.79 Å². The lowest BCUT2D eigenvalue weighted by molar-refractivity contribution is -0.00144. The Morgan fingerprint density at radius 1 is 1.33 bits per heavy atom. The quantitative estimate of drug-likeness (QED) is 0.889. The van der Waals surface area contributed by atoms with Crippen LogP contribution in [-0.2, 0) is 0 Å². The summed E-state index contributed by atoms with van der Waals surface area (Å²) in [6, 6.07) is 6.24. The first-order valence-electron chi connectivity index (χ1n) is 8.59. The number of carbonyl (C=O) groups excluding carboxylic acids is 1. The van der Waals surface area contributed by atoms with Crippen molar-refractivity contribution in [2.24, 2.45) is 5.92 Å². The second-order valence-electron chi connectivity index (χ2n) is 7.29. The normalized spacial score (nSPS) is 29.5. The van der Waals surface area contributed by atoms with Gasteiger partial charge in [0.05, 0.1) is 21.3 Å². The summed E-state index contributed by atoms with van der Waals surface area (Å²) < 4.78 is 1.15. The van der Waals surface area contributed by atoms with Crippen molar-refractivity contribution in [1.29, 1.82) is 0 Å². The minimum atomic E-state index is 0. The largest absolute Gasteiger partial charge is 0.347 e. The van der Waals surface area contributed by atoms with Gasteiger partial charge >= 0.3 is 0 Å². The maximum absolute atomic E-state index is 12.8. The molecule has 6 rings (SSSR count). The first-order valence-corrected chi connectivity index (χ1v) is 9.40. The van der Waals surface area contributed by atoms with Gasteiger partial charge in [0.1, 0.15) is 0 Å². The average Bonchev–Trinajstić information content (AvgIpc) is 3.24. The number of benzene rings is 1. The lowest BCUT2D eigenvalue weighted by Gasteiger charge is -2.52. The minimum absolute atomic E-state index is 0. The van der Waals surface area contributed by atoms with Gasteiger partial charge in [0, 0.05) is 11.1 Å². The molecule has 24 heavy (non-hydrogen) atoms. The molecule has 2 bridgehead atoms. The van der Waals surface area contributed by atoms with Crippen molar-refractivity contribution in [3.05, 3.63) is 28.8 Å². The molecule has 0 radical (unpaired) electrons. The van der Waals surface area contributed by atoms with E-state index in [1.807, 2.05) is 25.1 Å². The number of amides is 1. The fraction of sp³-hybridized carbons (Fsp3) is 0.556. The standard InChI is InChI=1S/C18H21N3OS.ClH/c1-11-19-14-10-13(2-3-15(14)23-11)17(22)20-16-12-4-8-21(9-5-12)18(16)6-7-18;/h2-3,10,12,16H,4-9H2,1H3,(H,20,22);1H/t16-;/m1./s1. The summed E-state index contributed by atoms with van der Waals surface area (Å²) in [5.41, 5.74) is 1.98. The molecule has 1 spiro atoms. The first kappa shape index (κ1) is 16.3. The van der Waals surface area contributed by atoms with Gasteiger partial charge in [0.15, 0.2) is 0 Å². The number of aromatic nitrogens is 1. The third-order valence-corrected chi connectivity index (χ3v) is 6.98. The first-order chi connectivity index (χ1) is 11.2. The molecule has 1 atom stereocenters. The van der Waals surface area contributed by atoms with Gasteiger partial charge < -0.3 is 5.32 Å². The predicted molar refractivity (Wildman–Crippen MR) is 99.1 cm³/mol. The summed E-state index contributed by atoms with van der Waals surface area (Å²) in [7, 11) is 0. The number of piperidine rings is 3. The molecule has 4 heterocycles. The van der Waals surface area contributed by atoms with Crippen LogP contribution in [0.25, 0.3) is 10.2 Å². The Kier molecular flexibility index (Phi) is 3.86. The van der Waals surface area contributed by atoms with E-state index in [4.69, 9.17) is 0 Å². The SMILES string of the molecule is Cc1nc2cc(C(=O)N[C@@H]3C4CCN(CC4)C34CC4)ccc2s1.Cl. The van der Waals surface area contributed by atoms with Crippen molar-refractivity contribution in [3.8, 4) is 0 Å². The number of nitrogens with zero attached hydrogens (tertiary/aromatic N) is 2. The molecule has 4 aliphatic rings. The number of fused-ring (bicyclic) bond motifs is 3. The van der Waals surface area contributed by atoms with E-state index >= 15 is 0 Å². The number of aryl methyl sites for hydroxylation is 1. The Hall–Kier alpha value is -1.17. The Balaban J connectivity index is 0.00000146. The molecule has 0 unspecified atom stereocenters. The number of nitrogens with one attached hydrogen (secondary N) is 1. The van der Waals surface area contributed by atoms with E-state index in [-0.39, 0.29) is 23.9 Å². The van der Waals surface area contributed by atoms with Gasteiger partial charge in [0.25, 0.3) is 5.91 Å². The molecule has 1 aromatic carbocycles. The highest BCUT2D eigenvalue weighted by Gasteiger charge is 2.60. The fourth-order valence-corrected chi connectivity index (χ4v) is 5.54. The van der Waals surface area contributed by atoms with E-state index in [0.29, 0.717) is 12.0 Å². The predicted octanol–water partition coefficient (Wildman–Crippen LogP) is 3.38. The van der Waals surface area contributed by atoms with Crippen LogP contribution in [0.2, 0.25) is 0 Å². The van der Waals surface area contributed by atoms with Crippen LogP contribution in [0.1, 0.15) is 41.0 Å². The smallest absolute Gasteiger partial charge is 0.251 e. The zero-order chi connectivity index (χ0) is 15.6. The van der Waals surface area contributed by atoms with E-state index in [1.54, 1.807) is 11.3 Å². The zero-order valence-electron chi connectivity index (χ0n) is 13.7. The number of carbonyl (C=O) groups is 1. The molecule has 3 aliphatic heterocycles. The highest BCUT2D eigenvalue weighted by Crippen LogP contribution is 2.53. The average molecular weight is 364 g/mol. The van der Waals surface area contributed by atoms with Crippen LogP contribution in [0, 0.1) is 12.8 Å². The molecule has 3 saturated heterocycles. The maximum atomic E-state index is 12.8. The van der Waals surface area contributed by atoms with Crippen LogP contribution in [-0.4, -0.2) is 40.5 Å². The number of halogens is 1. The van der Waals surface area contributed by atoms with Crippen molar-refractivity contribution in [2.45, 2.75) is 44.2 Å². The molecule has 128 valence electrons. The van der Waals surface area contributed by atoms with Crippen LogP contribution in [0.5, 0.6) is 0 Å². The van der Waals surface area contributed by atoms with Crippen LogP contribution < -0.4 is 5.32 Å². The van der Waals surface area contributed by atoms with Crippen LogP contribution in [0.15, 0.2) is 18.2 Å². The van der Waals surface area contributed by atoms with Gasteiger partial charge in [0.2, 0.25) is 0 Å². The molecular weight excluding hydrogens is 342 g/mol. The molecule has 1 N–H and O–H groups in total. The minimum Gasteiger partial charge on any atom is -0.347 e. The molecule has 2 aromatic rings. The van der Waals surface area contributed by atoms with Crippen molar-refractivity contribution in [2.75, 3.05) is 13.1 Å². The number of hydrogen-bond acceptors (Lipinski definition) is 4. The number of rotatable bonds is 2. The van der Waals surface area contributed by atoms with E-state index in [0.717, 1.165) is 20.8 Å². The van der Waals surface area contributed by atoms with Crippen LogP contribution in [0.3, 0.4) is 0 Å². The van der Waals surface area contributed by atoms with E-state index in [2.05, 4.69) is 15.2 Å². The molecule has 1 aliphatic carbocycles. The number of hydrogen-bond donors (Lipinski definition) is 1. The topological polar surface area (TPSA) is 45.2 Å². The van der Waals surface area contributed by atoms with Gasteiger partial charge in [-0.25, -0.2) is 4.98 Å². The molecule has 1 aromatic heterocycles. The molecule has 1 saturated carbocycles. The van der Waals surface area contributed by atoms with Crippen LogP contribution in [0.4, 0.5) is 0 Å². The summed E-state index contributed by atoms with van der Waals surface area (Å²) in [5, 5.41) is 4.43. The summed E-state index contributed by atoms with van der Waals surface area (Å²) in [6.07, 6.45) is 4.96. The third-order valence-electron chi connectivity index (χ3n) is 6.03. The van der Waals surface area contributed by atoms with Crippen molar-refractivity contribution in [3.63, 3.8) is 0 Å². The third kappa shape index (κ3) is 2.37. The van der Waals surface area contributed by atoms with E-state index in [9.17, 15) is 4.79 Å². The van der Waals surface area contributed by atoms with Gasteiger partial charge in [-0.1, -0.05) is 0 Å². The maximum Gasteiger partial charge on any atom is 0.251 e. The second-order valence-corrected chi connectivity index (χ2v) is 8.53. The second kappa shape index (κ2) is 5.68. The Labute approximate surface area is 152 Å². The van der Waals surface area contributed by atoms with E-state index < -0.39 is 0 Å². The Morgan fingerprint density at radius 2 is 2.08 bits per heavy atom. The van der Waals surface area contributed by atoms with Gasteiger partial charge in [-0.3, -0.25) is 9.69 Å². The zero-order valence-corrected chi connectivity index (χ0v) is 15.4. The molecule has 6 heteroatoms. The van der Waals surface area contributed by atoms with Crippen molar-refractivity contribution in [1.82, 2.24) is 15.2 Å². The summed E-state index contributed by atoms with van der Waals surface area (Å²) in [6.45, 7) is 4.46. The van der Waals surface area contributed by atoms with Gasteiger partial charge in [-0.05, 0) is 69.8 Å². The fourth-order valence-electron chi connectivity index (χ4n) is 4.73. The van der Waals surface area contributed by atoms with Crippen LogP contribution >= 0.6 is 23.7 Å². The van der Waals surface area contributed by atoms with E-state index in [1.165, 1.54) is 38.8 Å². The summed E-state index contributed by atoms with van der Waals surface area (Å²) in [5.74, 6) is 0.735. The summed E-state index contributed by atoms with van der Waals surface area (Å²) >= 11 is 1.68. The molecular formula is C18H22ClN3OS. The molecule has 4 nitrogen and oxygen atoms in total. The monoisotopic (exact) mass is 363 g/mol. The lowest BCUT2D eigenvalue weighted by atomic mass is 9.77. The highest BCUT2D eigenvalue weighted by atomic mass is 35.5. The van der Waals surface area contributed by atoms with Crippen molar-refractivity contribution >= 4 is 39.9 Å². The van der Waals surface area contributed by atoms with Gasteiger partial charge in [-0.2, -0.15) is 0 Å². The lowest BCUT2D eigenvalue weighted by Crippen LogP contribution is -2.65. The number of thiazole rings is 1. The highest BCUT2D eigenvalue weighted by molar-refractivity contribution is 7.18.